The van der Waals surface area contributed by atoms with E-state index in [4.69, 9.17) is 4.74 Å². The van der Waals surface area contributed by atoms with Crippen LogP contribution in [-0.4, -0.2) is 22.1 Å². The molecule has 2 aromatic heterocycles. The van der Waals surface area contributed by atoms with Crippen molar-refractivity contribution in [2.75, 3.05) is 7.11 Å². The minimum absolute atomic E-state index is 0.548. The summed E-state index contributed by atoms with van der Waals surface area (Å²) in [6.45, 7) is 0. The molecule has 3 rings (SSSR count). The van der Waals surface area contributed by atoms with Crippen LogP contribution in [0.2, 0.25) is 0 Å². The Bertz CT molecular complexity index is 675. The first kappa shape index (κ1) is 10.8. The van der Waals surface area contributed by atoms with Crippen molar-refractivity contribution in [3.63, 3.8) is 0 Å². The summed E-state index contributed by atoms with van der Waals surface area (Å²) in [4.78, 5) is 11.8. The highest BCUT2D eigenvalue weighted by molar-refractivity contribution is 5.83. The van der Waals surface area contributed by atoms with Crippen LogP contribution in [0, 0.1) is 0 Å². The predicted molar refractivity (Wildman–Crippen MR) is 69.7 cm³/mol. The van der Waals surface area contributed by atoms with Crippen LogP contribution in [0.15, 0.2) is 42.9 Å². The molecule has 0 saturated heterocycles. The number of nitrogens with one attached hydrogen (secondary N) is 1. The third kappa shape index (κ3) is 1.93. The first-order chi connectivity index (χ1) is 8.86. The van der Waals surface area contributed by atoms with Gasteiger partial charge in [-0.05, 0) is 11.6 Å². The number of nitrogens with zero attached hydrogens (tertiary/aromatic N) is 2. The summed E-state index contributed by atoms with van der Waals surface area (Å²) >= 11 is 0. The highest BCUT2D eigenvalue weighted by atomic mass is 16.5. The minimum Gasteiger partial charge on any atom is -0.480 e. The molecule has 2 heterocycles. The van der Waals surface area contributed by atoms with Crippen LogP contribution in [0.4, 0.5) is 0 Å². The van der Waals surface area contributed by atoms with E-state index < -0.39 is 0 Å². The Labute approximate surface area is 105 Å². The zero-order valence-corrected chi connectivity index (χ0v) is 10.1. The molecule has 0 unspecified atom stereocenters. The van der Waals surface area contributed by atoms with Crippen molar-refractivity contribution in [2.45, 2.75) is 6.42 Å². The second-order valence-corrected chi connectivity index (χ2v) is 4.09. The number of ether oxygens (including phenoxy) is 1. The van der Waals surface area contributed by atoms with E-state index in [0.717, 1.165) is 17.6 Å². The van der Waals surface area contributed by atoms with E-state index in [0.29, 0.717) is 5.88 Å². The van der Waals surface area contributed by atoms with Crippen LogP contribution in [0.5, 0.6) is 5.88 Å². The molecule has 0 aliphatic rings. The summed E-state index contributed by atoms with van der Waals surface area (Å²) in [6, 6.07) is 8.23. The van der Waals surface area contributed by atoms with Gasteiger partial charge in [-0.3, -0.25) is 4.98 Å². The zero-order valence-electron chi connectivity index (χ0n) is 10.1. The van der Waals surface area contributed by atoms with Crippen molar-refractivity contribution in [1.82, 2.24) is 15.0 Å². The van der Waals surface area contributed by atoms with E-state index >= 15 is 0 Å². The molecule has 1 aromatic carbocycles. The van der Waals surface area contributed by atoms with Crippen molar-refractivity contribution in [3.05, 3.63) is 54.1 Å². The van der Waals surface area contributed by atoms with E-state index in [2.05, 4.69) is 27.1 Å². The largest absolute Gasteiger partial charge is 0.480 e. The van der Waals surface area contributed by atoms with Crippen LogP contribution in [-0.2, 0) is 6.42 Å². The summed E-state index contributed by atoms with van der Waals surface area (Å²) in [7, 11) is 1.60. The Balaban J connectivity index is 1.96. The smallest absolute Gasteiger partial charge is 0.232 e. The van der Waals surface area contributed by atoms with Crippen molar-refractivity contribution >= 4 is 10.9 Å². The topological polar surface area (TPSA) is 50.8 Å². The number of fused-ring (bicyclic) bond motifs is 1. The Morgan fingerprint density at radius 2 is 2.11 bits per heavy atom. The summed E-state index contributed by atoms with van der Waals surface area (Å²) < 4.78 is 5.08. The van der Waals surface area contributed by atoms with Gasteiger partial charge in [-0.1, -0.05) is 18.2 Å². The quantitative estimate of drug-likeness (QED) is 0.764. The lowest BCUT2D eigenvalue weighted by molar-refractivity contribution is 0.394. The van der Waals surface area contributed by atoms with Gasteiger partial charge in [-0.25, -0.2) is 4.98 Å². The number of hydrogen-bond acceptors (Lipinski definition) is 3. The van der Waals surface area contributed by atoms with Gasteiger partial charge in [-0.2, -0.15) is 0 Å². The van der Waals surface area contributed by atoms with Gasteiger partial charge < -0.3 is 9.72 Å². The van der Waals surface area contributed by atoms with Gasteiger partial charge in [0.15, 0.2) is 0 Å². The van der Waals surface area contributed by atoms with Gasteiger partial charge in [0.2, 0.25) is 5.88 Å². The maximum atomic E-state index is 5.08. The van der Waals surface area contributed by atoms with Crippen molar-refractivity contribution in [2.24, 2.45) is 0 Å². The molecule has 3 aromatic rings. The van der Waals surface area contributed by atoms with E-state index in [1.807, 2.05) is 18.3 Å². The van der Waals surface area contributed by atoms with Gasteiger partial charge in [0.05, 0.1) is 19.0 Å². The molecule has 0 saturated carbocycles. The Kier molecular flexibility index (Phi) is 2.68. The summed E-state index contributed by atoms with van der Waals surface area (Å²) in [5.41, 5.74) is 3.26. The molecule has 0 spiro atoms. The number of aromatic nitrogens is 3. The molecule has 0 aliphatic carbocycles. The fourth-order valence-electron chi connectivity index (χ4n) is 2.04. The molecule has 0 fully saturated rings. The number of H-pyrrole nitrogens is 1. The number of aromatic amines is 1. The van der Waals surface area contributed by atoms with E-state index in [1.165, 1.54) is 10.9 Å². The van der Waals surface area contributed by atoms with Crippen LogP contribution in [0.25, 0.3) is 10.9 Å². The van der Waals surface area contributed by atoms with E-state index in [-0.39, 0.29) is 0 Å². The van der Waals surface area contributed by atoms with Gasteiger partial charge in [-0.15, -0.1) is 0 Å². The molecule has 4 nitrogen and oxygen atoms in total. The van der Waals surface area contributed by atoms with Crippen LogP contribution in [0.3, 0.4) is 0 Å². The molecule has 90 valence electrons. The normalized spacial score (nSPS) is 10.7. The third-order valence-electron chi connectivity index (χ3n) is 2.92. The lowest BCUT2D eigenvalue weighted by atomic mass is 10.1. The fourth-order valence-corrected chi connectivity index (χ4v) is 2.04. The fraction of sp³-hybridized carbons (Fsp3) is 0.143. The first-order valence-electron chi connectivity index (χ1n) is 5.77. The second-order valence-electron chi connectivity index (χ2n) is 4.09. The third-order valence-corrected chi connectivity index (χ3v) is 2.92. The highest BCUT2D eigenvalue weighted by Crippen LogP contribution is 2.20. The van der Waals surface area contributed by atoms with Crippen LogP contribution < -0.4 is 4.74 Å². The molecule has 1 N–H and O–H groups in total. The van der Waals surface area contributed by atoms with Gasteiger partial charge in [0.25, 0.3) is 0 Å². The number of para-hydroxylation sites is 1. The molecular weight excluding hydrogens is 226 g/mol. The number of methoxy groups -OCH3 is 1. The van der Waals surface area contributed by atoms with Crippen molar-refractivity contribution in [3.8, 4) is 5.88 Å². The van der Waals surface area contributed by atoms with Gasteiger partial charge in [0.1, 0.15) is 0 Å². The number of rotatable bonds is 3. The Morgan fingerprint density at radius 1 is 1.22 bits per heavy atom. The van der Waals surface area contributed by atoms with E-state index in [9.17, 15) is 0 Å². The predicted octanol–water partition coefficient (Wildman–Crippen LogP) is 2.56. The minimum atomic E-state index is 0.548. The molecule has 0 aliphatic heterocycles. The van der Waals surface area contributed by atoms with Crippen molar-refractivity contribution < 1.29 is 4.74 Å². The molecule has 0 bridgehead atoms. The zero-order chi connectivity index (χ0) is 12.4. The maximum Gasteiger partial charge on any atom is 0.232 e. The SMILES string of the molecule is COc1cncc(Cc2c[nH]c3ccccc23)n1. The molecule has 0 atom stereocenters. The summed E-state index contributed by atoms with van der Waals surface area (Å²) in [5, 5.41) is 1.22. The monoisotopic (exact) mass is 239 g/mol. The highest BCUT2D eigenvalue weighted by Gasteiger charge is 2.06. The molecule has 4 heteroatoms. The lowest BCUT2D eigenvalue weighted by Crippen LogP contribution is -1.96. The average Bonchev–Trinajstić information content (AvgIpc) is 2.83. The molecule has 0 amide bonds. The second kappa shape index (κ2) is 4.49. The van der Waals surface area contributed by atoms with E-state index in [1.54, 1.807) is 19.5 Å². The standard InChI is InChI=1S/C14H13N3O/c1-18-14-9-15-8-11(17-14)6-10-7-16-13-5-3-2-4-12(10)13/h2-5,7-9,16H,6H2,1H3. The summed E-state index contributed by atoms with van der Waals surface area (Å²) in [5.74, 6) is 0.548. The van der Waals surface area contributed by atoms with Gasteiger partial charge >= 0.3 is 0 Å². The van der Waals surface area contributed by atoms with Crippen LogP contribution in [0.1, 0.15) is 11.3 Å². The number of hydrogen-bond donors (Lipinski definition) is 1. The maximum absolute atomic E-state index is 5.08. The lowest BCUT2D eigenvalue weighted by Gasteiger charge is -2.02. The molecule has 18 heavy (non-hydrogen) atoms. The Morgan fingerprint density at radius 3 is 3.00 bits per heavy atom. The average molecular weight is 239 g/mol. The molecular formula is C14H13N3O. The Hall–Kier alpha value is -2.36. The number of benzene rings is 1. The van der Waals surface area contributed by atoms with Crippen molar-refractivity contribution in [1.29, 1.82) is 0 Å². The summed E-state index contributed by atoms with van der Waals surface area (Å²) in [6.07, 6.45) is 6.14. The van der Waals surface area contributed by atoms with Crippen LogP contribution >= 0.6 is 0 Å². The first-order valence-corrected chi connectivity index (χ1v) is 5.77. The van der Waals surface area contributed by atoms with Gasteiger partial charge in [0, 0.05) is 29.7 Å². The molecule has 0 radical (unpaired) electrons.